The largest absolute Gasteiger partial charge is 0.467 e. The van der Waals surface area contributed by atoms with E-state index in [-0.39, 0.29) is 12.0 Å². The van der Waals surface area contributed by atoms with Gasteiger partial charge in [-0.15, -0.1) is 0 Å². The van der Waals surface area contributed by atoms with Gasteiger partial charge in [0.05, 0.1) is 25.4 Å². The number of carbonyl (C=O) groups excluding carboxylic acids is 1. The Bertz CT molecular complexity index is 644. The first kappa shape index (κ1) is 13.9. The van der Waals surface area contributed by atoms with Gasteiger partial charge in [0.1, 0.15) is 12.0 Å². The van der Waals surface area contributed by atoms with E-state index in [2.05, 4.69) is 15.2 Å². The van der Waals surface area contributed by atoms with Crippen LogP contribution in [0.5, 0.6) is 0 Å². The number of carbonyl (C=O) groups is 1. The lowest BCUT2D eigenvalue weighted by Gasteiger charge is -2.23. The van der Waals surface area contributed by atoms with Crippen LogP contribution in [0.4, 0.5) is 0 Å². The van der Waals surface area contributed by atoms with Gasteiger partial charge >= 0.3 is 5.97 Å². The van der Waals surface area contributed by atoms with Crippen molar-refractivity contribution in [2.75, 3.05) is 7.11 Å². The van der Waals surface area contributed by atoms with Gasteiger partial charge in [-0.3, -0.25) is 4.68 Å². The number of fused-ring (bicyclic) bond motifs is 1. The van der Waals surface area contributed by atoms with Gasteiger partial charge in [-0.05, 0) is 25.3 Å². The van der Waals surface area contributed by atoms with Crippen LogP contribution in [-0.2, 0) is 24.8 Å². The summed E-state index contributed by atoms with van der Waals surface area (Å²) in [5.74, 6) is 0.351. The number of aromatic nitrogens is 2. The quantitative estimate of drug-likeness (QED) is 0.871. The number of nitrogens with one attached hydrogen (secondary N) is 1. The minimum Gasteiger partial charge on any atom is -0.467 e. The maximum atomic E-state index is 11.4. The third-order valence-electron chi connectivity index (χ3n) is 3.97. The molecule has 3 rings (SSSR count). The monoisotopic (exact) mass is 289 g/mol. The molecule has 6 nitrogen and oxygen atoms in total. The molecule has 0 amide bonds. The van der Waals surface area contributed by atoms with Crippen molar-refractivity contribution < 1.29 is 13.9 Å². The van der Waals surface area contributed by atoms with Gasteiger partial charge in [0.25, 0.3) is 0 Å². The van der Waals surface area contributed by atoms with Crippen LogP contribution in [0.3, 0.4) is 0 Å². The van der Waals surface area contributed by atoms with E-state index in [0.29, 0.717) is 12.1 Å². The molecule has 0 spiro atoms. The summed E-state index contributed by atoms with van der Waals surface area (Å²) in [6.45, 7) is 0.579. The number of esters is 1. The van der Waals surface area contributed by atoms with Crippen molar-refractivity contribution >= 4 is 5.97 Å². The van der Waals surface area contributed by atoms with Crippen molar-refractivity contribution in [3.63, 3.8) is 0 Å². The molecular formula is C15H19N3O3. The van der Waals surface area contributed by atoms with E-state index in [1.54, 1.807) is 6.07 Å². The number of ether oxygens (including phenoxy) is 1. The van der Waals surface area contributed by atoms with Crippen LogP contribution in [0.1, 0.15) is 46.3 Å². The predicted octanol–water partition coefficient (Wildman–Crippen LogP) is 1.97. The van der Waals surface area contributed by atoms with Gasteiger partial charge in [-0.25, -0.2) is 4.79 Å². The second kappa shape index (κ2) is 5.73. The van der Waals surface area contributed by atoms with E-state index in [1.807, 2.05) is 17.9 Å². The fraction of sp³-hybridized carbons (Fsp3) is 0.467. The lowest BCUT2D eigenvalue weighted by Crippen LogP contribution is -2.24. The normalized spacial score (nSPS) is 17.5. The molecule has 1 atom stereocenters. The fourth-order valence-electron chi connectivity index (χ4n) is 2.84. The highest BCUT2D eigenvalue weighted by Gasteiger charge is 2.23. The Hall–Kier alpha value is -2.08. The van der Waals surface area contributed by atoms with Crippen LogP contribution in [0.15, 0.2) is 22.9 Å². The molecule has 0 fully saturated rings. The smallest absolute Gasteiger partial charge is 0.341 e. The van der Waals surface area contributed by atoms with Gasteiger partial charge in [0, 0.05) is 24.3 Å². The zero-order valence-corrected chi connectivity index (χ0v) is 12.3. The van der Waals surface area contributed by atoms with Gasteiger partial charge in [-0.1, -0.05) is 0 Å². The van der Waals surface area contributed by atoms with Crippen LogP contribution in [-0.4, -0.2) is 22.9 Å². The first-order valence-electron chi connectivity index (χ1n) is 7.09. The SMILES string of the molecule is COC(=O)c1coc(CNC2CCCc3c2cnn3C)c1. The number of furan rings is 1. The van der Waals surface area contributed by atoms with Crippen LogP contribution < -0.4 is 5.32 Å². The number of hydrogen-bond acceptors (Lipinski definition) is 5. The van der Waals surface area contributed by atoms with Crippen LogP contribution in [0.2, 0.25) is 0 Å². The predicted molar refractivity (Wildman–Crippen MR) is 75.8 cm³/mol. The summed E-state index contributed by atoms with van der Waals surface area (Å²) in [6, 6.07) is 2.00. The van der Waals surface area contributed by atoms with Crippen molar-refractivity contribution in [1.82, 2.24) is 15.1 Å². The Morgan fingerprint density at radius 1 is 1.62 bits per heavy atom. The molecule has 0 saturated carbocycles. The van der Waals surface area contributed by atoms with E-state index in [4.69, 9.17) is 4.42 Å². The maximum absolute atomic E-state index is 11.4. The highest BCUT2D eigenvalue weighted by molar-refractivity contribution is 5.88. The summed E-state index contributed by atoms with van der Waals surface area (Å²) in [4.78, 5) is 11.4. The molecule has 1 unspecified atom stereocenters. The second-order valence-electron chi connectivity index (χ2n) is 5.29. The van der Waals surface area contributed by atoms with Crippen LogP contribution >= 0.6 is 0 Å². The first-order valence-corrected chi connectivity index (χ1v) is 7.09. The molecule has 2 aromatic heterocycles. The number of nitrogens with zero attached hydrogens (tertiary/aromatic N) is 2. The summed E-state index contributed by atoms with van der Waals surface area (Å²) < 4.78 is 12.0. The molecule has 0 bridgehead atoms. The molecular weight excluding hydrogens is 270 g/mol. The van der Waals surface area contributed by atoms with E-state index < -0.39 is 0 Å². The molecule has 2 aromatic rings. The van der Waals surface area contributed by atoms with Gasteiger partial charge < -0.3 is 14.5 Å². The molecule has 112 valence electrons. The Morgan fingerprint density at radius 3 is 3.29 bits per heavy atom. The Morgan fingerprint density at radius 2 is 2.48 bits per heavy atom. The van der Waals surface area contributed by atoms with Crippen molar-refractivity contribution in [1.29, 1.82) is 0 Å². The van der Waals surface area contributed by atoms with Gasteiger partial charge in [-0.2, -0.15) is 5.10 Å². The van der Waals surface area contributed by atoms with Crippen molar-refractivity contribution in [3.8, 4) is 0 Å². The summed E-state index contributed by atoms with van der Waals surface area (Å²) >= 11 is 0. The summed E-state index contributed by atoms with van der Waals surface area (Å²) in [5, 5.41) is 7.81. The Kier molecular flexibility index (Phi) is 3.79. The van der Waals surface area contributed by atoms with Crippen LogP contribution in [0, 0.1) is 0 Å². The molecule has 0 aliphatic heterocycles. The molecule has 0 radical (unpaired) electrons. The minimum absolute atomic E-state index is 0.286. The third kappa shape index (κ3) is 2.71. The molecule has 0 saturated heterocycles. The fourth-order valence-corrected chi connectivity index (χ4v) is 2.84. The summed E-state index contributed by atoms with van der Waals surface area (Å²) in [6.07, 6.45) is 6.68. The maximum Gasteiger partial charge on any atom is 0.341 e. The third-order valence-corrected chi connectivity index (χ3v) is 3.97. The zero-order chi connectivity index (χ0) is 14.8. The Labute approximate surface area is 123 Å². The van der Waals surface area contributed by atoms with Crippen molar-refractivity contribution in [2.24, 2.45) is 7.05 Å². The minimum atomic E-state index is -0.378. The van der Waals surface area contributed by atoms with Crippen LogP contribution in [0.25, 0.3) is 0 Å². The second-order valence-corrected chi connectivity index (χ2v) is 5.29. The van der Waals surface area contributed by atoms with E-state index in [9.17, 15) is 4.79 Å². The summed E-state index contributed by atoms with van der Waals surface area (Å²) in [7, 11) is 3.34. The van der Waals surface area contributed by atoms with Crippen molar-refractivity contribution in [2.45, 2.75) is 31.8 Å². The number of rotatable bonds is 4. The molecule has 1 aliphatic carbocycles. The number of methoxy groups -OCH3 is 1. The van der Waals surface area contributed by atoms with E-state index >= 15 is 0 Å². The molecule has 1 N–H and O–H groups in total. The first-order chi connectivity index (χ1) is 10.2. The molecule has 1 aliphatic rings. The lowest BCUT2D eigenvalue weighted by molar-refractivity contribution is 0.0600. The highest BCUT2D eigenvalue weighted by Crippen LogP contribution is 2.29. The number of hydrogen-bond donors (Lipinski definition) is 1. The highest BCUT2D eigenvalue weighted by atomic mass is 16.5. The average molecular weight is 289 g/mol. The van der Waals surface area contributed by atoms with E-state index in [1.165, 1.54) is 24.6 Å². The molecule has 0 aromatic carbocycles. The molecule has 6 heteroatoms. The average Bonchev–Trinajstić information content (AvgIpc) is 3.12. The van der Waals surface area contributed by atoms with E-state index in [0.717, 1.165) is 25.0 Å². The van der Waals surface area contributed by atoms with Gasteiger partial charge in [0.15, 0.2) is 0 Å². The lowest BCUT2D eigenvalue weighted by atomic mass is 9.93. The Balaban J connectivity index is 1.66. The zero-order valence-electron chi connectivity index (χ0n) is 12.3. The van der Waals surface area contributed by atoms with Gasteiger partial charge in [0.2, 0.25) is 0 Å². The molecule has 21 heavy (non-hydrogen) atoms. The van der Waals surface area contributed by atoms with Crippen molar-refractivity contribution in [3.05, 3.63) is 41.1 Å². The molecule has 2 heterocycles. The topological polar surface area (TPSA) is 69.3 Å². The standard InChI is InChI=1S/C15H19N3O3/c1-18-14-5-3-4-13(12(14)8-17-18)16-7-11-6-10(9-21-11)15(19)20-2/h6,8-9,13,16H,3-5,7H2,1-2H3. The number of aryl methyl sites for hydroxylation is 1. The summed E-state index contributed by atoms with van der Waals surface area (Å²) in [5.41, 5.74) is 3.01.